The SMILES string of the molecule is O=C(CCS(=O)(=O)c1ccccc1)N(CCCCc1cc(Cl)c(COC2(c3cnccc3-c3ccccc3OC3CC3)CC2)cc1Cl)C[C@H](O)[C@@H](O)[C@H](O)[C@H](O)CO. The number of sulfone groups is 1. The summed E-state index contributed by atoms with van der Waals surface area (Å²) in [5.74, 6) is -0.219. The molecule has 5 N–H and O–H groups in total. The monoisotopic (exact) mass is 856 g/mol. The molecule has 15 heteroatoms. The number of ether oxygens (including phenoxy) is 2. The molecule has 0 aliphatic heterocycles. The van der Waals surface area contributed by atoms with Gasteiger partial charge in [0.1, 0.15) is 30.2 Å². The van der Waals surface area contributed by atoms with Crippen LogP contribution in [0.3, 0.4) is 0 Å². The van der Waals surface area contributed by atoms with Crippen LogP contribution in [-0.4, -0.2) is 106 Å². The number of unbranched alkanes of at least 4 members (excludes halogenated alkanes) is 1. The van der Waals surface area contributed by atoms with Gasteiger partial charge in [-0.3, -0.25) is 9.78 Å². The average Bonchev–Trinajstić information content (AvgIpc) is 4.19. The van der Waals surface area contributed by atoms with Crippen LogP contribution in [0, 0.1) is 0 Å². The van der Waals surface area contributed by atoms with Gasteiger partial charge in [-0.05, 0) is 98.0 Å². The van der Waals surface area contributed by atoms with Crippen molar-refractivity contribution < 1.29 is 48.2 Å². The smallest absolute Gasteiger partial charge is 0.223 e. The average molecular weight is 858 g/mol. The summed E-state index contributed by atoms with van der Waals surface area (Å²) in [5, 5.41) is 51.1. The predicted octanol–water partition coefficient (Wildman–Crippen LogP) is 5.25. The lowest BCUT2D eigenvalue weighted by atomic mass is 9.96. The lowest BCUT2D eigenvalue weighted by molar-refractivity contribution is -0.139. The van der Waals surface area contributed by atoms with Crippen molar-refractivity contribution in [2.45, 2.75) is 99.0 Å². The highest BCUT2D eigenvalue weighted by atomic mass is 35.5. The van der Waals surface area contributed by atoms with Crippen LogP contribution >= 0.6 is 23.2 Å². The molecule has 1 amide bonds. The van der Waals surface area contributed by atoms with Crippen LogP contribution in [0.4, 0.5) is 0 Å². The number of benzene rings is 3. The van der Waals surface area contributed by atoms with Crippen molar-refractivity contribution in [2.75, 3.05) is 25.4 Å². The Kier molecular flexibility index (Phi) is 14.9. The molecule has 0 radical (unpaired) electrons. The van der Waals surface area contributed by atoms with Gasteiger partial charge in [0.25, 0.3) is 0 Å². The molecule has 3 aromatic carbocycles. The van der Waals surface area contributed by atoms with Crippen molar-refractivity contribution in [3.05, 3.63) is 112 Å². The number of aliphatic hydroxyl groups is 5. The van der Waals surface area contributed by atoms with Crippen LogP contribution in [-0.2, 0) is 38.0 Å². The zero-order chi connectivity index (χ0) is 41.5. The Morgan fingerprint density at radius 1 is 0.879 bits per heavy atom. The van der Waals surface area contributed by atoms with Crippen LogP contribution in [0.15, 0.2) is 90.1 Å². The number of hydrogen-bond donors (Lipinski definition) is 5. The van der Waals surface area contributed by atoms with Crippen molar-refractivity contribution in [2.24, 2.45) is 0 Å². The largest absolute Gasteiger partial charge is 0.490 e. The Morgan fingerprint density at radius 2 is 1.55 bits per heavy atom. The standard InChI is InChI=1S/C43H50Cl2N2O10S/c44-35-23-29(27-56-43(17-18-43)34-24-46-19-15-32(34)33-11-4-5-12-39(33)57-30-13-14-30)36(45)22-28(35)8-6-7-20-47(25-37(49)41(52)42(53)38(50)26-48)40(51)16-21-58(54,55)31-9-2-1-3-10-31/h1-5,9-12,15,19,22-24,30,37-38,41-42,48-50,52-53H,6-8,13-14,16-18,20-21,25-27H2/t37-,38+,41+,42+/m0/s1. The van der Waals surface area contributed by atoms with Gasteiger partial charge in [0.05, 0.1) is 35.6 Å². The summed E-state index contributed by atoms with van der Waals surface area (Å²) in [5.41, 5.74) is 3.99. The molecule has 312 valence electrons. The summed E-state index contributed by atoms with van der Waals surface area (Å²) in [4.78, 5) is 19.1. The number of nitrogens with zero attached hydrogens (tertiary/aromatic N) is 2. The first-order valence-corrected chi connectivity index (χ1v) is 21.9. The Morgan fingerprint density at radius 3 is 2.26 bits per heavy atom. The van der Waals surface area contributed by atoms with E-state index in [0.29, 0.717) is 29.3 Å². The maximum atomic E-state index is 13.4. The molecule has 6 rings (SSSR count). The molecule has 1 heterocycles. The van der Waals surface area contributed by atoms with E-state index in [2.05, 4.69) is 11.1 Å². The fourth-order valence-corrected chi connectivity index (χ4v) is 8.63. The first-order valence-electron chi connectivity index (χ1n) is 19.5. The summed E-state index contributed by atoms with van der Waals surface area (Å²) in [6.07, 6.45) is 1.50. The van der Waals surface area contributed by atoms with Crippen LogP contribution in [0.2, 0.25) is 10.0 Å². The van der Waals surface area contributed by atoms with Gasteiger partial charge in [0.2, 0.25) is 5.91 Å². The minimum Gasteiger partial charge on any atom is -0.490 e. The highest BCUT2D eigenvalue weighted by Gasteiger charge is 2.48. The third-order valence-electron chi connectivity index (χ3n) is 10.6. The molecular formula is C43H50Cl2N2O10S. The molecule has 2 saturated carbocycles. The number of halogens is 2. The summed E-state index contributed by atoms with van der Waals surface area (Å²) in [6, 6.07) is 21.4. The number of rotatable bonds is 22. The molecular weight excluding hydrogens is 807 g/mol. The molecule has 2 aliphatic rings. The molecule has 4 atom stereocenters. The zero-order valence-corrected chi connectivity index (χ0v) is 34.3. The molecule has 0 saturated heterocycles. The van der Waals surface area contributed by atoms with Crippen LogP contribution in [0.25, 0.3) is 11.1 Å². The minimum atomic E-state index is -3.78. The number of hydrogen-bond acceptors (Lipinski definition) is 11. The zero-order valence-electron chi connectivity index (χ0n) is 32.0. The van der Waals surface area contributed by atoms with E-state index in [9.17, 15) is 33.6 Å². The molecule has 58 heavy (non-hydrogen) atoms. The fraction of sp³-hybridized carbons (Fsp3) is 0.442. The molecule has 0 spiro atoms. The van der Waals surface area contributed by atoms with Gasteiger partial charge in [-0.15, -0.1) is 0 Å². The third kappa shape index (κ3) is 11.1. The second-order valence-electron chi connectivity index (χ2n) is 15.0. The summed E-state index contributed by atoms with van der Waals surface area (Å²) < 4.78 is 38.6. The summed E-state index contributed by atoms with van der Waals surface area (Å²) in [7, 11) is -3.78. The van der Waals surface area contributed by atoms with E-state index >= 15 is 0 Å². The maximum absolute atomic E-state index is 13.4. The predicted molar refractivity (Wildman–Crippen MR) is 219 cm³/mol. The molecule has 0 bridgehead atoms. The first kappa shape index (κ1) is 43.9. The Labute approximate surface area is 348 Å². The molecule has 4 aromatic rings. The number of para-hydroxylation sites is 1. The highest BCUT2D eigenvalue weighted by Crippen LogP contribution is 2.53. The number of aryl methyl sites for hydroxylation is 1. The lowest BCUT2D eigenvalue weighted by Gasteiger charge is -2.30. The Balaban J connectivity index is 1.07. The van der Waals surface area contributed by atoms with Crippen LogP contribution < -0.4 is 4.74 Å². The van der Waals surface area contributed by atoms with Gasteiger partial charge in [-0.2, -0.15) is 0 Å². The third-order valence-corrected chi connectivity index (χ3v) is 13.1. The Bertz CT molecular complexity index is 2120. The summed E-state index contributed by atoms with van der Waals surface area (Å²) >= 11 is 13.6. The van der Waals surface area contributed by atoms with E-state index < -0.39 is 71.1 Å². The molecule has 2 aliphatic carbocycles. The van der Waals surface area contributed by atoms with Crippen molar-refractivity contribution in [1.82, 2.24) is 9.88 Å². The second kappa shape index (κ2) is 19.6. The fourth-order valence-electron chi connectivity index (χ4n) is 6.86. The van der Waals surface area contributed by atoms with Gasteiger partial charge in [0, 0.05) is 53.1 Å². The van der Waals surface area contributed by atoms with Gasteiger partial charge < -0.3 is 39.9 Å². The van der Waals surface area contributed by atoms with Crippen molar-refractivity contribution in [1.29, 1.82) is 0 Å². The second-order valence-corrected chi connectivity index (χ2v) is 18.0. The minimum absolute atomic E-state index is 0.0739. The summed E-state index contributed by atoms with van der Waals surface area (Å²) in [6.45, 7) is -1.00. The van der Waals surface area contributed by atoms with Crippen molar-refractivity contribution in [3.63, 3.8) is 0 Å². The van der Waals surface area contributed by atoms with Crippen LogP contribution in [0.1, 0.15) is 61.6 Å². The number of pyridine rings is 1. The van der Waals surface area contributed by atoms with E-state index in [-0.39, 0.29) is 24.2 Å². The highest BCUT2D eigenvalue weighted by molar-refractivity contribution is 7.91. The number of amides is 1. The topological polar surface area (TPSA) is 187 Å². The number of carbonyl (C=O) groups is 1. The molecule has 2 fully saturated rings. The van der Waals surface area contributed by atoms with E-state index in [4.69, 9.17) is 37.8 Å². The van der Waals surface area contributed by atoms with Crippen LogP contribution in [0.5, 0.6) is 5.75 Å². The van der Waals surface area contributed by atoms with E-state index in [1.807, 2.05) is 30.5 Å². The number of carbonyl (C=O) groups excluding carboxylic acids is 1. The first-order chi connectivity index (χ1) is 27.8. The van der Waals surface area contributed by atoms with E-state index in [0.717, 1.165) is 59.3 Å². The molecule has 1 aromatic heterocycles. The molecule has 0 unspecified atom stereocenters. The van der Waals surface area contributed by atoms with Gasteiger partial charge >= 0.3 is 0 Å². The number of aromatic nitrogens is 1. The van der Waals surface area contributed by atoms with Crippen molar-refractivity contribution in [3.8, 4) is 16.9 Å². The normalized spacial score (nSPS) is 16.9. The van der Waals surface area contributed by atoms with Gasteiger partial charge in [0.15, 0.2) is 9.84 Å². The lowest BCUT2D eigenvalue weighted by Crippen LogP contribution is -2.50. The van der Waals surface area contributed by atoms with Gasteiger partial charge in [-0.25, -0.2) is 8.42 Å². The quantitative estimate of drug-likeness (QED) is 0.0650. The Hall–Kier alpha value is -3.63. The number of aliphatic hydroxyl groups excluding tert-OH is 5. The van der Waals surface area contributed by atoms with E-state index in [1.54, 1.807) is 36.5 Å². The molecule has 12 nitrogen and oxygen atoms in total. The van der Waals surface area contributed by atoms with E-state index in [1.165, 1.54) is 17.0 Å². The van der Waals surface area contributed by atoms with Gasteiger partial charge in [-0.1, -0.05) is 59.6 Å². The van der Waals surface area contributed by atoms with Crippen molar-refractivity contribution >= 4 is 38.9 Å². The maximum Gasteiger partial charge on any atom is 0.223 e.